The lowest BCUT2D eigenvalue weighted by Crippen LogP contribution is -2.41. The summed E-state index contributed by atoms with van der Waals surface area (Å²) in [6.07, 6.45) is 4.22. The molecular formula is C22H37N5O2. The van der Waals surface area contributed by atoms with E-state index in [-0.39, 0.29) is 11.8 Å². The van der Waals surface area contributed by atoms with Gasteiger partial charge in [0.2, 0.25) is 5.91 Å². The van der Waals surface area contributed by atoms with Crippen LogP contribution in [0.25, 0.3) is 0 Å². The number of likely N-dealkylation sites (N-methyl/N-ethyl adjacent to an activating group) is 1. The molecule has 1 amide bonds. The van der Waals surface area contributed by atoms with Crippen LogP contribution in [0, 0.1) is 5.92 Å². The van der Waals surface area contributed by atoms with Crippen molar-refractivity contribution in [2.45, 2.75) is 39.2 Å². The molecule has 0 unspecified atom stereocenters. The number of hydrogen-bond acceptors (Lipinski definition) is 4. The highest BCUT2D eigenvalue weighted by atomic mass is 16.5. The monoisotopic (exact) mass is 403 g/mol. The number of anilines is 1. The molecule has 2 rings (SSSR count). The average molecular weight is 404 g/mol. The van der Waals surface area contributed by atoms with Gasteiger partial charge in [0.15, 0.2) is 5.96 Å². The maximum atomic E-state index is 12.1. The fraction of sp³-hybridized carbons (Fsp3) is 0.636. The molecule has 1 saturated carbocycles. The molecule has 7 nitrogen and oxygen atoms in total. The minimum absolute atomic E-state index is 0.140. The molecule has 0 aromatic heterocycles. The quantitative estimate of drug-likeness (QED) is 0.284. The third kappa shape index (κ3) is 8.83. The molecule has 0 spiro atoms. The van der Waals surface area contributed by atoms with Crippen LogP contribution in [0.3, 0.4) is 0 Å². The molecule has 162 valence electrons. The fourth-order valence-electron chi connectivity index (χ4n) is 3.13. The van der Waals surface area contributed by atoms with Crippen molar-refractivity contribution >= 4 is 17.6 Å². The Morgan fingerprint density at radius 2 is 2.10 bits per heavy atom. The molecule has 0 heterocycles. The number of aliphatic imine (C=N–C) groups is 1. The number of nitrogens with zero attached hydrogens (tertiary/aromatic N) is 2. The second kappa shape index (κ2) is 13.2. The highest BCUT2D eigenvalue weighted by molar-refractivity contribution is 5.93. The number of rotatable bonds is 12. The summed E-state index contributed by atoms with van der Waals surface area (Å²) >= 11 is 0. The Labute approximate surface area is 175 Å². The van der Waals surface area contributed by atoms with Crippen LogP contribution in [0.5, 0.6) is 0 Å². The van der Waals surface area contributed by atoms with Crippen molar-refractivity contribution in [1.29, 1.82) is 0 Å². The minimum atomic E-state index is 0.140. The van der Waals surface area contributed by atoms with E-state index in [1.54, 1.807) is 7.11 Å². The summed E-state index contributed by atoms with van der Waals surface area (Å²) in [6, 6.07) is 7.95. The van der Waals surface area contributed by atoms with E-state index in [0.717, 1.165) is 75.7 Å². The normalized spacial score (nSPS) is 14.6. The van der Waals surface area contributed by atoms with E-state index in [1.165, 1.54) is 0 Å². The van der Waals surface area contributed by atoms with E-state index in [4.69, 9.17) is 4.74 Å². The van der Waals surface area contributed by atoms with Crippen molar-refractivity contribution in [3.05, 3.63) is 29.8 Å². The minimum Gasteiger partial charge on any atom is -0.385 e. The first-order chi connectivity index (χ1) is 14.1. The number of carbonyl (C=O) groups excluding carboxylic acids is 1. The summed E-state index contributed by atoms with van der Waals surface area (Å²) in [7, 11) is 3.85. The summed E-state index contributed by atoms with van der Waals surface area (Å²) < 4.78 is 5.10. The first-order valence-electron chi connectivity index (χ1n) is 10.7. The fourth-order valence-corrected chi connectivity index (χ4v) is 3.13. The van der Waals surface area contributed by atoms with Crippen LogP contribution in [-0.2, 0) is 16.1 Å². The Morgan fingerprint density at radius 3 is 2.79 bits per heavy atom. The topological polar surface area (TPSA) is 78.0 Å². The number of carbonyl (C=O) groups is 1. The summed E-state index contributed by atoms with van der Waals surface area (Å²) in [5.74, 6) is 1.14. The molecule has 7 heteroatoms. The standard InChI is InChI=1S/C22H37N5O2/c1-4-23-22(24-12-14-27(2)13-7-15-29-3)25-17-18-8-5-11-20(16-18)26-21(28)19-9-6-10-19/h5,8,11,16,19H,4,6-7,9-10,12-15,17H2,1-3H3,(H,26,28)(H2,23,24,25). The highest BCUT2D eigenvalue weighted by Gasteiger charge is 2.25. The predicted octanol–water partition coefficient (Wildman–Crippen LogP) is 2.45. The van der Waals surface area contributed by atoms with Crippen molar-refractivity contribution in [2.75, 3.05) is 52.3 Å². The number of amides is 1. The van der Waals surface area contributed by atoms with Crippen LogP contribution in [0.4, 0.5) is 5.69 Å². The van der Waals surface area contributed by atoms with E-state index in [2.05, 4.69) is 39.8 Å². The second-order valence-corrected chi connectivity index (χ2v) is 7.59. The van der Waals surface area contributed by atoms with Gasteiger partial charge >= 0.3 is 0 Å². The Kier molecular flexibility index (Phi) is 10.5. The summed E-state index contributed by atoms with van der Waals surface area (Å²) in [5, 5.41) is 9.70. The molecule has 1 aromatic rings. The van der Waals surface area contributed by atoms with Crippen LogP contribution in [0.15, 0.2) is 29.3 Å². The van der Waals surface area contributed by atoms with Crippen LogP contribution >= 0.6 is 0 Å². The molecule has 0 radical (unpaired) electrons. The third-order valence-corrected chi connectivity index (χ3v) is 5.11. The van der Waals surface area contributed by atoms with Gasteiger partial charge in [-0.15, -0.1) is 0 Å². The molecule has 29 heavy (non-hydrogen) atoms. The van der Waals surface area contributed by atoms with Crippen molar-refractivity contribution in [2.24, 2.45) is 10.9 Å². The molecular weight excluding hydrogens is 366 g/mol. The van der Waals surface area contributed by atoms with Gasteiger partial charge in [0.25, 0.3) is 0 Å². The summed E-state index contributed by atoms with van der Waals surface area (Å²) in [5.41, 5.74) is 1.93. The Morgan fingerprint density at radius 1 is 1.28 bits per heavy atom. The Balaban J connectivity index is 1.80. The first-order valence-corrected chi connectivity index (χ1v) is 10.7. The van der Waals surface area contributed by atoms with Gasteiger partial charge in [-0.05, 0) is 50.9 Å². The zero-order valence-electron chi connectivity index (χ0n) is 18.2. The van der Waals surface area contributed by atoms with Crippen molar-refractivity contribution in [3.63, 3.8) is 0 Å². The number of hydrogen-bond donors (Lipinski definition) is 3. The molecule has 3 N–H and O–H groups in total. The SMILES string of the molecule is CCNC(=NCc1cccc(NC(=O)C2CCC2)c1)NCCN(C)CCCOC. The molecule has 0 aliphatic heterocycles. The lowest BCUT2D eigenvalue weighted by Gasteiger charge is -2.24. The second-order valence-electron chi connectivity index (χ2n) is 7.59. The van der Waals surface area contributed by atoms with Crippen LogP contribution in [0.2, 0.25) is 0 Å². The average Bonchev–Trinajstić information content (AvgIpc) is 2.65. The number of ether oxygens (including phenoxy) is 1. The number of benzene rings is 1. The Bertz CT molecular complexity index is 646. The van der Waals surface area contributed by atoms with Gasteiger partial charge in [-0.2, -0.15) is 0 Å². The maximum absolute atomic E-state index is 12.1. The van der Waals surface area contributed by atoms with E-state index in [9.17, 15) is 4.79 Å². The molecule has 0 bridgehead atoms. The molecule has 0 atom stereocenters. The van der Waals surface area contributed by atoms with Gasteiger partial charge < -0.3 is 25.6 Å². The number of methoxy groups -OCH3 is 1. The number of guanidine groups is 1. The van der Waals surface area contributed by atoms with Gasteiger partial charge in [0, 0.05) is 51.5 Å². The zero-order valence-corrected chi connectivity index (χ0v) is 18.2. The van der Waals surface area contributed by atoms with E-state index in [0.29, 0.717) is 6.54 Å². The highest BCUT2D eigenvalue weighted by Crippen LogP contribution is 2.27. The lowest BCUT2D eigenvalue weighted by atomic mass is 9.85. The van der Waals surface area contributed by atoms with Crippen LogP contribution < -0.4 is 16.0 Å². The zero-order chi connectivity index (χ0) is 20.9. The van der Waals surface area contributed by atoms with Gasteiger partial charge in [-0.25, -0.2) is 4.99 Å². The van der Waals surface area contributed by atoms with Crippen LogP contribution in [0.1, 0.15) is 38.2 Å². The first kappa shape index (κ1) is 23.2. The van der Waals surface area contributed by atoms with Gasteiger partial charge in [0.05, 0.1) is 6.54 Å². The lowest BCUT2D eigenvalue weighted by molar-refractivity contribution is -0.122. The summed E-state index contributed by atoms with van der Waals surface area (Å²) in [6.45, 7) is 7.01. The predicted molar refractivity (Wildman–Crippen MR) is 119 cm³/mol. The molecule has 1 aliphatic rings. The molecule has 1 aromatic carbocycles. The van der Waals surface area contributed by atoms with Crippen molar-refractivity contribution < 1.29 is 9.53 Å². The molecule has 0 saturated heterocycles. The largest absolute Gasteiger partial charge is 0.385 e. The third-order valence-electron chi connectivity index (χ3n) is 5.11. The van der Waals surface area contributed by atoms with E-state index in [1.807, 2.05) is 24.3 Å². The van der Waals surface area contributed by atoms with Gasteiger partial charge in [-0.1, -0.05) is 18.6 Å². The van der Waals surface area contributed by atoms with Crippen LogP contribution in [-0.4, -0.2) is 63.7 Å². The summed E-state index contributed by atoms with van der Waals surface area (Å²) in [4.78, 5) is 19.1. The van der Waals surface area contributed by atoms with Gasteiger partial charge in [-0.3, -0.25) is 4.79 Å². The molecule has 1 aliphatic carbocycles. The van der Waals surface area contributed by atoms with E-state index < -0.39 is 0 Å². The van der Waals surface area contributed by atoms with Crippen molar-refractivity contribution in [3.8, 4) is 0 Å². The van der Waals surface area contributed by atoms with Gasteiger partial charge in [0.1, 0.15) is 0 Å². The smallest absolute Gasteiger partial charge is 0.227 e. The van der Waals surface area contributed by atoms with Crippen molar-refractivity contribution in [1.82, 2.24) is 15.5 Å². The van der Waals surface area contributed by atoms with E-state index >= 15 is 0 Å². The maximum Gasteiger partial charge on any atom is 0.227 e. The number of nitrogens with one attached hydrogen (secondary N) is 3. The molecule has 1 fully saturated rings. The Hall–Kier alpha value is -2.12.